The highest BCUT2D eigenvalue weighted by molar-refractivity contribution is 7.99. The third-order valence-corrected chi connectivity index (χ3v) is 3.25. The molecule has 0 aromatic rings. The normalized spacial score (nSPS) is 24.8. The van der Waals surface area contributed by atoms with E-state index in [1.165, 1.54) is 6.08 Å². The van der Waals surface area contributed by atoms with E-state index >= 15 is 0 Å². The maximum absolute atomic E-state index is 11.1. The van der Waals surface area contributed by atoms with Gasteiger partial charge in [0.25, 0.3) is 0 Å². The second-order valence-corrected chi connectivity index (χ2v) is 5.09. The highest BCUT2D eigenvalue weighted by atomic mass is 32.2. The first-order chi connectivity index (χ1) is 8.07. The van der Waals surface area contributed by atoms with Gasteiger partial charge in [0.05, 0.1) is 0 Å². The maximum Gasteiger partial charge on any atom is 0.320 e. The van der Waals surface area contributed by atoms with E-state index in [4.69, 9.17) is 5.11 Å². The van der Waals surface area contributed by atoms with Gasteiger partial charge in [0, 0.05) is 12.6 Å². The summed E-state index contributed by atoms with van der Waals surface area (Å²) in [6, 6.07) is -0.793. The number of thioether (sulfide) groups is 1. The number of hydrogen-bond acceptors (Lipinski definition) is 5. The topological polar surface area (TPSA) is 81.9 Å². The van der Waals surface area contributed by atoms with Gasteiger partial charge in [-0.05, 0) is 24.0 Å². The number of aliphatic hydroxyl groups is 1. The van der Waals surface area contributed by atoms with Crippen molar-refractivity contribution in [3.63, 3.8) is 0 Å². The molecular formula is C11H18N2O3S. The zero-order valence-corrected chi connectivity index (χ0v) is 10.6. The molecule has 6 heteroatoms. The first kappa shape index (κ1) is 14.2. The Morgan fingerprint density at radius 3 is 3.00 bits per heavy atom. The van der Waals surface area contributed by atoms with Gasteiger partial charge in [0.1, 0.15) is 6.04 Å². The van der Waals surface area contributed by atoms with Crippen LogP contribution in [0.1, 0.15) is 19.8 Å². The van der Waals surface area contributed by atoms with Crippen LogP contribution < -0.4 is 5.32 Å². The predicted molar refractivity (Wildman–Crippen MR) is 69.4 cm³/mol. The number of allylic oxidation sites excluding steroid dienone is 1. The van der Waals surface area contributed by atoms with Crippen molar-refractivity contribution in [1.29, 1.82) is 0 Å². The van der Waals surface area contributed by atoms with Gasteiger partial charge < -0.3 is 10.2 Å². The fourth-order valence-corrected chi connectivity index (χ4v) is 2.16. The molecule has 2 atom stereocenters. The van der Waals surface area contributed by atoms with Crippen LogP contribution in [0.5, 0.6) is 0 Å². The molecule has 17 heavy (non-hydrogen) atoms. The lowest BCUT2D eigenvalue weighted by atomic mass is 10.2. The third-order valence-electron chi connectivity index (χ3n) is 2.32. The molecule has 1 unspecified atom stereocenters. The SMILES string of the molecule is CCSCC[C@H](NC1(O)C=CCC=N1)C(=O)O. The lowest BCUT2D eigenvalue weighted by Gasteiger charge is -2.27. The van der Waals surface area contributed by atoms with Crippen LogP contribution in [0.3, 0.4) is 0 Å². The molecule has 0 saturated heterocycles. The van der Waals surface area contributed by atoms with E-state index in [2.05, 4.69) is 10.3 Å². The van der Waals surface area contributed by atoms with Crippen LogP contribution in [0, 0.1) is 0 Å². The van der Waals surface area contributed by atoms with E-state index < -0.39 is 17.9 Å². The molecule has 0 saturated carbocycles. The van der Waals surface area contributed by atoms with Crippen molar-refractivity contribution in [2.24, 2.45) is 4.99 Å². The standard InChI is InChI=1S/C11H18N2O3S/c1-2-17-8-5-9(10(14)15)13-11(16)6-3-4-7-12-11/h3,6-7,9,13,16H,2,4-5,8H2,1H3,(H,14,15)/t9-,11?/m0/s1. The average molecular weight is 258 g/mol. The van der Waals surface area contributed by atoms with Gasteiger partial charge in [-0.15, -0.1) is 0 Å². The number of nitrogens with one attached hydrogen (secondary N) is 1. The number of carboxylic acids is 1. The van der Waals surface area contributed by atoms with Crippen molar-refractivity contribution in [3.8, 4) is 0 Å². The molecule has 1 aliphatic heterocycles. The van der Waals surface area contributed by atoms with Gasteiger partial charge in [-0.2, -0.15) is 11.8 Å². The van der Waals surface area contributed by atoms with Gasteiger partial charge in [0.15, 0.2) is 0 Å². The molecule has 5 nitrogen and oxygen atoms in total. The fraction of sp³-hybridized carbons (Fsp3) is 0.636. The molecule has 0 amide bonds. The molecule has 0 aliphatic carbocycles. The van der Waals surface area contributed by atoms with Gasteiger partial charge in [-0.25, -0.2) is 4.99 Å². The summed E-state index contributed by atoms with van der Waals surface area (Å²) in [5.41, 5.74) is 0. The second kappa shape index (κ2) is 6.78. The quantitative estimate of drug-likeness (QED) is 0.358. The summed E-state index contributed by atoms with van der Waals surface area (Å²) in [6.45, 7) is 2.02. The smallest absolute Gasteiger partial charge is 0.320 e. The molecule has 0 aromatic heterocycles. The largest absolute Gasteiger partial charge is 0.480 e. The Morgan fingerprint density at radius 1 is 1.71 bits per heavy atom. The molecule has 0 spiro atoms. The Labute approximate surface area is 105 Å². The molecule has 96 valence electrons. The summed E-state index contributed by atoms with van der Waals surface area (Å²) in [7, 11) is 0. The van der Waals surface area contributed by atoms with E-state index in [9.17, 15) is 9.90 Å². The van der Waals surface area contributed by atoms with Gasteiger partial charge >= 0.3 is 5.97 Å². The van der Waals surface area contributed by atoms with Crippen LogP contribution in [-0.2, 0) is 4.79 Å². The molecule has 3 N–H and O–H groups in total. The number of dihydropyridines is 1. The van der Waals surface area contributed by atoms with Crippen LogP contribution in [-0.4, -0.2) is 45.8 Å². The van der Waals surface area contributed by atoms with Crippen molar-refractivity contribution in [2.75, 3.05) is 11.5 Å². The number of carbonyl (C=O) groups is 1. The molecule has 0 radical (unpaired) electrons. The number of hydrogen-bond donors (Lipinski definition) is 3. The van der Waals surface area contributed by atoms with Crippen LogP contribution in [0.25, 0.3) is 0 Å². The van der Waals surface area contributed by atoms with Gasteiger partial charge in [-0.1, -0.05) is 13.0 Å². The first-order valence-corrected chi connectivity index (χ1v) is 6.75. The van der Waals surface area contributed by atoms with Crippen molar-refractivity contribution in [1.82, 2.24) is 5.32 Å². The Morgan fingerprint density at radius 2 is 2.47 bits per heavy atom. The minimum absolute atomic E-state index is 0.458. The summed E-state index contributed by atoms with van der Waals surface area (Å²) in [5, 5.41) is 21.7. The van der Waals surface area contributed by atoms with E-state index in [0.29, 0.717) is 12.8 Å². The van der Waals surface area contributed by atoms with Crippen molar-refractivity contribution < 1.29 is 15.0 Å². The van der Waals surface area contributed by atoms with Crippen LogP contribution in [0.4, 0.5) is 0 Å². The number of nitrogens with zero attached hydrogens (tertiary/aromatic N) is 1. The number of aliphatic imine (C=N–C) groups is 1. The minimum Gasteiger partial charge on any atom is -0.480 e. The Hall–Kier alpha value is -0.850. The van der Waals surface area contributed by atoms with E-state index in [1.54, 1.807) is 24.1 Å². The number of carboxylic acid groups (broad SMARTS) is 1. The highest BCUT2D eigenvalue weighted by Gasteiger charge is 2.29. The van der Waals surface area contributed by atoms with E-state index in [0.717, 1.165) is 11.5 Å². The molecule has 0 aromatic carbocycles. The minimum atomic E-state index is -1.57. The molecule has 1 rings (SSSR count). The zero-order valence-electron chi connectivity index (χ0n) is 9.80. The Bertz CT molecular complexity index is 306. The molecule has 1 heterocycles. The molecule has 0 bridgehead atoms. The molecule has 0 fully saturated rings. The van der Waals surface area contributed by atoms with E-state index in [-0.39, 0.29) is 0 Å². The van der Waals surface area contributed by atoms with Crippen molar-refractivity contribution in [2.45, 2.75) is 31.7 Å². The van der Waals surface area contributed by atoms with Crippen LogP contribution >= 0.6 is 11.8 Å². The highest BCUT2D eigenvalue weighted by Crippen LogP contribution is 2.13. The third kappa shape index (κ3) is 4.89. The fourth-order valence-electron chi connectivity index (χ4n) is 1.47. The Kier molecular flexibility index (Phi) is 5.67. The summed E-state index contributed by atoms with van der Waals surface area (Å²) in [5.74, 6) is -0.846. The summed E-state index contributed by atoms with van der Waals surface area (Å²) in [4.78, 5) is 14.9. The number of rotatable bonds is 7. The van der Waals surface area contributed by atoms with Gasteiger partial charge in [-0.3, -0.25) is 10.1 Å². The molecule has 1 aliphatic rings. The van der Waals surface area contributed by atoms with Gasteiger partial charge in [0.2, 0.25) is 5.85 Å². The predicted octanol–water partition coefficient (Wildman–Crippen LogP) is 0.849. The van der Waals surface area contributed by atoms with E-state index in [1.807, 2.05) is 6.92 Å². The lowest BCUT2D eigenvalue weighted by Crippen LogP contribution is -2.51. The van der Waals surface area contributed by atoms with Crippen molar-refractivity contribution >= 4 is 23.9 Å². The average Bonchev–Trinajstić information content (AvgIpc) is 2.28. The van der Waals surface area contributed by atoms with Crippen molar-refractivity contribution in [3.05, 3.63) is 12.2 Å². The lowest BCUT2D eigenvalue weighted by molar-refractivity contribution is -0.141. The monoisotopic (exact) mass is 258 g/mol. The first-order valence-electron chi connectivity index (χ1n) is 5.59. The van der Waals surface area contributed by atoms with Crippen LogP contribution in [0.15, 0.2) is 17.1 Å². The second-order valence-electron chi connectivity index (χ2n) is 3.70. The summed E-state index contributed by atoms with van der Waals surface area (Å²) < 4.78 is 0. The number of aliphatic carboxylic acids is 1. The zero-order chi connectivity index (χ0) is 12.7. The van der Waals surface area contributed by atoms with Crippen LogP contribution in [0.2, 0.25) is 0 Å². The Balaban J connectivity index is 2.53. The summed E-state index contributed by atoms with van der Waals surface area (Å²) in [6.07, 6.45) is 5.91. The summed E-state index contributed by atoms with van der Waals surface area (Å²) >= 11 is 1.67. The maximum atomic E-state index is 11.1. The molecular weight excluding hydrogens is 240 g/mol.